The van der Waals surface area contributed by atoms with Crippen LogP contribution in [-0.2, 0) is 10.1 Å². The normalized spacial score (nSPS) is 14.2. The molecule has 0 fully saturated rings. The van der Waals surface area contributed by atoms with Crippen LogP contribution < -0.4 is 11.1 Å². The van der Waals surface area contributed by atoms with Crippen LogP contribution in [0, 0.1) is 0 Å². The summed E-state index contributed by atoms with van der Waals surface area (Å²) in [6.07, 6.45) is 0. The van der Waals surface area contributed by atoms with Gasteiger partial charge in [0.15, 0.2) is 0 Å². The van der Waals surface area contributed by atoms with Crippen LogP contribution in [0.3, 0.4) is 0 Å². The van der Waals surface area contributed by atoms with E-state index in [4.69, 9.17) is 18.1 Å². The third-order valence-corrected chi connectivity index (χ3v) is 3.10. The lowest BCUT2D eigenvalue weighted by Gasteiger charge is -2.36. The van der Waals surface area contributed by atoms with Gasteiger partial charge in [-0.25, -0.2) is 0 Å². The molecular formula is C10H24BN3O3S. The van der Waals surface area contributed by atoms with Crippen molar-refractivity contribution in [3.05, 3.63) is 0 Å². The maximum absolute atomic E-state index is 10.7. The van der Waals surface area contributed by atoms with Crippen LogP contribution in [0.1, 0.15) is 27.7 Å². The molecule has 0 spiro atoms. The van der Waals surface area contributed by atoms with Gasteiger partial charge in [-0.15, -0.1) is 0 Å². The lowest BCUT2D eigenvalue weighted by atomic mass is 9.80. The molecule has 0 amide bonds. The first kappa shape index (κ1) is 17.9. The molecule has 0 aliphatic heterocycles. The molecule has 0 aromatic rings. The van der Waals surface area contributed by atoms with E-state index in [1.807, 2.05) is 13.8 Å². The molecule has 0 heterocycles. The number of nitrogens with one attached hydrogen (secondary N) is 1. The molecular weight excluding hydrogens is 253 g/mol. The lowest BCUT2D eigenvalue weighted by molar-refractivity contribution is 0.193. The van der Waals surface area contributed by atoms with E-state index < -0.39 is 21.2 Å². The third-order valence-electron chi connectivity index (χ3n) is 2.40. The van der Waals surface area contributed by atoms with Gasteiger partial charge in [-0.1, -0.05) is 13.8 Å². The SMILES string of the molecule is [B]C(C)(C)N(CCNC(C)(C)N)CCS(=O)(=O)O. The Morgan fingerprint density at radius 2 is 1.78 bits per heavy atom. The molecule has 0 aromatic carbocycles. The molecule has 18 heavy (non-hydrogen) atoms. The molecule has 0 rings (SSSR count). The molecule has 0 aromatic heterocycles. The van der Waals surface area contributed by atoms with Gasteiger partial charge in [0.25, 0.3) is 10.1 Å². The van der Waals surface area contributed by atoms with E-state index in [0.717, 1.165) is 0 Å². The molecule has 6 nitrogen and oxygen atoms in total. The van der Waals surface area contributed by atoms with E-state index in [0.29, 0.717) is 13.1 Å². The summed E-state index contributed by atoms with van der Waals surface area (Å²) >= 11 is 0. The zero-order valence-electron chi connectivity index (χ0n) is 11.6. The third kappa shape index (κ3) is 9.84. The fraction of sp³-hybridized carbons (Fsp3) is 1.00. The summed E-state index contributed by atoms with van der Waals surface area (Å²) in [6, 6.07) is 0. The van der Waals surface area contributed by atoms with Crippen LogP contribution in [0.15, 0.2) is 0 Å². The van der Waals surface area contributed by atoms with Gasteiger partial charge in [0.05, 0.1) is 19.3 Å². The van der Waals surface area contributed by atoms with Crippen LogP contribution in [0.4, 0.5) is 0 Å². The van der Waals surface area contributed by atoms with Crippen molar-refractivity contribution in [2.75, 3.05) is 25.4 Å². The van der Waals surface area contributed by atoms with E-state index in [-0.39, 0.29) is 12.3 Å². The molecule has 0 saturated carbocycles. The van der Waals surface area contributed by atoms with E-state index in [1.54, 1.807) is 18.7 Å². The van der Waals surface area contributed by atoms with Gasteiger partial charge in [0, 0.05) is 19.6 Å². The smallest absolute Gasteiger partial charge is 0.266 e. The Labute approximate surface area is 111 Å². The van der Waals surface area contributed by atoms with Gasteiger partial charge in [-0.2, -0.15) is 8.42 Å². The van der Waals surface area contributed by atoms with E-state index in [1.165, 1.54) is 0 Å². The predicted octanol–water partition coefficient (Wildman–Crippen LogP) is -0.635. The summed E-state index contributed by atoms with van der Waals surface area (Å²) in [4.78, 5) is 1.78. The van der Waals surface area contributed by atoms with Gasteiger partial charge >= 0.3 is 0 Å². The van der Waals surface area contributed by atoms with Crippen LogP contribution in [0.5, 0.6) is 0 Å². The first-order valence-electron chi connectivity index (χ1n) is 5.84. The Kier molecular flexibility index (Phi) is 6.29. The highest BCUT2D eigenvalue weighted by molar-refractivity contribution is 7.85. The number of rotatable bonds is 8. The minimum absolute atomic E-state index is 0.176. The molecule has 0 atom stereocenters. The van der Waals surface area contributed by atoms with Crippen molar-refractivity contribution in [1.29, 1.82) is 0 Å². The summed E-state index contributed by atoms with van der Waals surface area (Å²) in [5, 5.41) is 3.09. The quantitative estimate of drug-likeness (QED) is 0.310. The second-order valence-electron chi connectivity index (χ2n) is 5.58. The fourth-order valence-corrected chi connectivity index (χ4v) is 1.88. The number of hydrogen-bond donors (Lipinski definition) is 3. The van der Waals surface area contributed by atoms with Crippen molar-refractivity contribution in [2.24, 2.45) is 5.73 Å². The molecule has 2 radical (unpaired) electrons. The zero-order chi connectivity index (χ0) is 14.6. The Bertz CT molecular complexity index is 346. The van der Waals surface area contributed by atoms with Crippen molar-refractivity contribution >= 4 is 18.0 Å². The Balaban J connectivity index is 4.35. The van der Waals surface area contributed by atoms with Crippen LogP contribution >= 0.6 is 0 Å². The standard InChI is InChI=1S/C10H24BN3O3S/c1-9(2,11)14(7-8-18(15,16)17)6-5-13-10(3,4)12/h13H,5-8,12H2,1-4H3,(H,15,16,17). The second-order valence-corrected chi connectivity index (χ2v) is 7.15. The van der Waals surface area contributed by atoms with Crippen molar-refractivity contribution < 1.29 is 13.0 Å². The van der Waals surface area contributed by atoms with Gasteiger partial charge < -0.3 is 10.6 Å². The van der Waals surface area contributed by atoms with Crippen LogP contribution in [0.25, 0.3) is 0 Å². The Hall–Kier alpha value is -0.145. The highest BCUT2D eigenvalue weighted by Crippen LogP contribution is 2.09. The van der Waals surface area contributed by atoms with E-state index in [2.05, 4.69) is 5.32 Å². The molecule has 0 saturated heterocycles. The molecule has 106 valence electrons. The monoisotopic (exact) mass is 277 g/mol. The average Bonchev–Trinajstić information content (AvgIpc) is 2.04. The molecule has 4 N–H and O–H groups in total. The maximum atomic E-state index is 10.7. The minimum atomic E-state index is -3.98. The summed E-state index contributed by atoms with van der Waals surface area (Å²) in [5.74, 6) is -0.334. The van der Waals surface area contributed by atoms with Crippen molar-refractivity contribution in [3.63, 3.8) is 0 Å². The van der Waals surface area contributed by atoms with Gasteiger partial charge in [0.1, 0.15) is 0 Å². The summed E-state index contributed by atoms with van der Waals surface area (Å²) in [6.45, 7) is 8.53. The second kappa shape index (κ2) is 6.34. The summed E-state index contributed by atoms with van der Waals surface area (Å²) in [7, 11) is 1.97. The zero-order valence-corrected chi connectivity index (χ0v) is 12.4. The first-order valence-corrected chi connectivity index (χ1v) is 7.45. The van der Waals surface area contributed by atoms with Gasteiger partial charge in [-0.05, 0) is 19.3 Å². The molecule has 0 bridgehead atoms. The highest BCUT2D eigenvalue weighted by Gasteiger charge is 2.22. The van der Waals surface area contributed by atoms with Crippen molar-refractivity contribution in [1.82, 2.24) is 10.2 Å². The molecule has 8 heteroatoms. The van der Waals surface area contributed by atoms with E-state index in [9.17, 15) is 8.42 Å². The first-order chi connectivity index (χ1) is 7.81. The summed E-state index contributed by atoms with van der Waals surface area (Å²) < 4.78 is 30.3. The number of nitrogens with two attached hydrogens (primary N) is 1. The van der Waals surface area contributed by atoms with Crippen LogP contribution in [-0.4, -0.2) is 62.2 Å². The minimum Gasteiger partial charge on any atom is -0.314 e. The topological polar surface area (TPSA) is 95.7 Å². The van der Waals surface area contributed by atoms with Crippen molar-refractivity contribution in [3.8, 4) is 0 Å². The molecule has 0 unspecified atom stereocenters. The van der Waals surface area contributed by atoms with Gasteiger partial charge in [0.2, 0.25) is 0 Å². The maximum Gasteiger partial charge on any atom is 0.266 e. The lowest BCUT2D eigenvalue weighted by Crippen LogP contribution is -2.53. The largest absolute Gasteiger partial charge is 0.314 e. The number of hydrogen-bond acceptors (Lipinski definition) is 5. The predicted molar refractivity (Wildman–Crippen MR) is 74.1 cm³/mol. The fourth-order valence-electron chi connectivity index (χ4n) is 1.43. The molecule has 0 aliphatic rings. The highest BCUT2D eigenvalue weighted by atomic mass is 32.2. The van der Waals surface area contributed by atoms with Crippen molar-refractivity contribution in [2.45, 2.75) is 38.8 Å². The Morgan fingerprint density at radius 3 is 2.11 bits per heavy atom. The van der Waals surface area contributed by atoms with Crippen LogP contribution in [0.2, 0.25) is 0 Å². The Morgan fingerprint density at radius 1 is 1.28 bits per heavy atom. The summed E-state index contributed by atoms with van der Waals surface area (Å²) in [5.41, 5.74) is 4.62. The molecule has 0 aliphatic carbocycles. The number of nitrogens with zero attached hydrogens (tertiary/aromatic N) is 1. The van der Waals surface area contributed by atoms with E-state index >= 15 is 0 Å². The van der Waals surface area contributed by atoms with Gasteiger partial charge in [-0.3, -0.25) is 9.87 Å². The average molecular weight is 277 g/mol.